The largest absolute Gasteiger partial charge is 0.360 e. The van der Waals surface area contributed by atoms with Crippen molar-refractivity contribution in [3.05, 3.63) is 30.1 Å². The first-order chi connectivity index (χ1) is 6.40. The lowest BCUT2D eigenvalue weighted by Gasteiger charge is -1.94. The fourth-order valence-electron chi connectivity index (χ4n) is 1.17. The van der Waals surface area contributed by atoms with Crippen LogP contribution in [0, 0.1) is 0 Å². The summed E-state index contributed by atoms with van der Waals surface area (Å²) >= 11 is 0. The standard InChI is InChI=1S/C9H10N2.C2H6/c1-2-7-5-9-8(11-6-7)3-4-10-9;1-2/h3-6,10H,2H2,1H3;1-2H3. The topological polar surface area (TPSA) is 28.7 Å². The molecule has 0 bridgehead atoms. The van der Waals surface area contributed by atoms with Gasteiger partial charge in [0.25, 0.3) is 0 Å². The van der Waals surface area contributed by atoms with Crippen LogP contribution in [0.4, 0.5) is 0 Å². The van der Waals surface area contributed by atoms with Gasteiger partial charge in [-0.3, -0.25) is 4.98 Å². The van der Waals surface area contributed by atoms with E-state index >= 15 is 0 Å². The third kappa shape index (κ3) is 2.08. The molecule has 0 unspecified atom stereocenters. The van der Waals surface area contributed by atoms with E-state index in [1.54, 1.807) is 0 Å². The van der Waals surface area contributed by atoms with Gasteiger partial charge in [0.1, 0.15) is 0 Å². The molecule has 13 heavy (non-hydrogen) atoms. The molecule has 0 amide bonds. The SMILES string of the molecule is CC.CCc1cnc2cc[nH]c2c1. The van der Waals surface area contributed by atoms with Crippen LogP contribution in [0.5, 0.6) is 0 Å². The van der Waals surface area contributed by atoms with Crippen molar-refractivity contribution in [2.75, 3.05) is 0 Å². The number of aromatic nitrogens is 2. The first-order valence-corrected chi connectivity index (χ1v) is 4.82. The molecule has 70 valence electrons. The number of H-pyrrole nitrogens is 1. The fourth-order valence-corrected chi connectivity index (χ4v) is 1.17. The van der Waals surface area contributed by atoms with Crippen LogP contribution >= 0.6 is 0 Å². The van der Waals surface area contributed by atoms with Crippen LogP contribution in [0.2, 0.25) is 0 Å². The molecule has 0 aliphatic heterocycles. The Morgan fingerprint density at radius 2 is 2.15 bits per heavy atom. The highest BCUT2D eigenvalue weighted by Crippen LogP contribution is 2.10. The van der Waals surface area contributed by atoms with Gasteiger partial charge in [-0.25, -0.2) is 0 Å². The van der Waals surface area contributed by atoms with E-state index in [2.05, 4.69) is 23.0 Å². The molecule has 0 saturated carbocycles. The number of hydrogen-bond acceptors (Lipinski definition) is 1. The summed E-state index contributed by atoms with van der Waals surface area (Å²) in [5, 5.41) is 0. The number of nitrogens with zero attached hydrogens (tertiary/aromatic N) is 1. The molecule has 0 fully saturated rings. The Balaban J connectivity index is 0.000000396. The first kappa shape index (κ1) is 9.78. The number of fused-ring (bicyclic) bond motifs is 1. The van der Waals surface area contributed by atoms with Gasteiger partial charge in [-0.15, -0.1) is 0 Å². The second-order valence-corrected chi connectivity index (χ2v) is 2.61. The van der Waals surface area contributed by atoms with Crippen molar-refractivity contribution < 1.29 is 0 Å². The van der Waals surface area contributed by atoms with Crippen molar-refractivity contribution >= 4 is 11.0 Å². The highest BCUT2D eigenvalue weighted by Gasteiger charge is 1.95. The van der Waals surface area contributed by atoms with Crippen LogP contribution in [0.3, 0.4) is 0 Å². The maximum atomic E-state index is 4.28. The van der Waals surface area contributed by atoms with Crippen molar-refractivity contribution in [1.82, 2.24) is 9.97 Å². The lowest BCUT2D eigenvalue weighted by atomic mass is 10.2. The maximum absolute atomic E-state index is 4.28. The van der Waals surface area contributed by atoms with Gasteiger partial charge in [0.2, 0.25) is 0 Å². The smallest absolute Gasteiger partial charge is 0.0878 e. The lowest BCUT2D eigenvalue weighted by Crippen LogP contribution is -1.81. The van der Waals surface area contributed by atoms with E-state index in [9.17, 15) is 0 Å². The lowest BCUT2D eigenvalue weighted by molar-refractivity contribution is 1.12. The molecule has 2 aromatic heterocycles. The molecule has 2 heterocycles. The zero-order chi connectivity index (χ0) is 9.68. The van der Waals surface area contributed by atoms with Crippen molar-refractivity contribution in [2.24, 2.45) is 0 Å². The summed E-state index contributed by atoms with van der Waals surface area (Å²) in [5.41, 5.74) is 3.45. The van der Waals surface area contributed by atoms with E-state index < -0.39 is 0 Å². The van der Waals surface area contributed by atoms with Crippen molar-refractivity contribution in [1.29, 1.82) is 0 Å². The molecule has 0 saturated heterocycles. The monoisotopic (exact) mass is 176 g/mol. The molecule has 2 rings (SSSR count). The Kier molecular flexibility index (Phi) is 3.50. The average molecular weight is 176 g/mol. The zero-order valence-electron chi connectivity index (χ0n) is 8.46. The van der Waals surface area contributed by atoms with Gasteiger partial charge >= 0.3 is 0 Å². The number of pyridine rings is 1. The van der Waals surface area contributed by atoms with Crippen molar-refractivity contribution in [3.63, 3.8) is 0 Å². The van der Waals surface area contributed by atoms with E-state index in [1.807, 2.05) is 32.3 Å². The van der Waals surface area contributed by atoms with Crippen LogP contribution in [0.15, 0.2) is 24.5 Å². The summed E-state index contributed by atoms with van der Waals surface area (Å²) in [4.78, 5) is 7.41. The number of rotatable bonds is 1. The Morgan fingerprint density at radius 1 is 1.38 bits per heavy atom. The summed E-state index contributed by atoms with van der Waals surface area (Å²) in [6.07, 6.45) is 4.88. The molecular weight excluding hydrogens is 160 g/mol. The van der Waals surface area contributed by atoms with E-state index in [1.165, 1.54) is 5.56 Å². The van der Waals surface area contributed by atoms with Gasteiger partial charge in [0.15, 0.2) is 0 Å². The summed E-state index contributed by atoms with van der Waals surface area (Å²) < 4.78 is 0. The minimum absolute atomic E-state index is 1.04. The Labute approximate surface area is 79.0 Å². The van der Waals surface area contributed by atoms with E-state index in [-0.39, 0.29) is 0 Å². The van der Waals surface area contributed by atoms with Gasteiger partial charge in [-0.1, -0.05) is 20.8 Å². The zero-order valence-corrected chi connectivity index (χ0v) is 8.46. The van der Waals surface area contributed by atoms with Crippen LogP contribution in [0.1, 0.15) is 26.3 Å². The van der Waals surface area contributed by atoms with E-state index in [0.717, 1.165) is 17.5 Å². The van der Waals surface area contributed by atoms with Crippen LogP contribution < -0.4 is 0 Å². The third-order valence-electron chi connectivity index (χ3n) is 1.86. The van der Waals surface area contributed by atoms with Gasteiger partial charge in [-0.2, -0.15) is 0 Å². The number of hydrogen-bond donors (Lipinski definition) is 1. The summed E-state index contributed by atoms with van der Waals surface area (Å²) in [6, 6.07) is 4.12. The van der Waals surface area contributed by atoms with Gasteiger partial charge in [0.05, 0.1) is 11.0 Å². The molecule has 2 aromatic rings. The van der Waals surface area contributed by atoms with E-state index in [0.29, 0.717) is 0 Å². The minimum atomic E-state index is 1.04. The molecule has 0 aromatic carbocycles. The van der Waals surface area contributed by atoms with Crippen molar-refractivity contribution in [2.45, 2.75) is 27.2 Å². The summed E-state index contributed by atoms with van der Waals surface area (Å²) in [6.45, 7) is 6.13. The summed E-state index contributed by atoms with van der Waals surface area (Å²) in [5.74, 6) is 0. The van der Waals surface area contributed by atoms with E-state index in [4.69, 9.17) is 0 Å². The molecule has 2 heteroatoms. The second-order valence-electron chi connectivity index (χ2n) is 2.61. The summed E-state index contributed by atoms with van der Waals surface area (Å²) in [7, 11) is 0. The van der Waals surface area contributed by atoms with Crippen LogP contribution in [-0.2, 0) is 6.42 Å². The molecule has 0 aliphatic carbocycles. The van der Waals surface area contributed by atoms with Gasteiger partial charge in [-0.05, 0) is 24.1 Å². The second kappa shape index (κ2) is 4.65. The molecule has 0 spiro atoms. The predicted molar refractivity (Wildman–Crippen MR) is 56.8 cm³/mol. The Bertz CT molecular complexity index is 363. The van der Waals surface area contributed by atoms with Gasteiger partial charge in [0, 0.05) is 12.4 Å². The Morgan fingerprint density at radius 3 is 2.85 bits per heavy atom. The van der Waals surface area contributed by atoms with Crippen molar-refractivity contribution in [3.8, 4) is 0 Å². The van der Waals surface area contributed by atoms with Crippen LogP contribution in [0.25, 0.3) is 11.0 Å². The number of nitrogens with one attached hydrogen (secondary N) is 1. The predicted octanol–water partition coefficient (Wildman–Crippen LogP) is 3.15. The van der Waals surface area contributed by atoms with Crippen LogP contribution in [-0.4, -0.2) is 9.97 Å². The molecule has 1 N–H and O–H groups in total. The molecule has 2 nitrogen and oxygen atoms in total. The quantitative estimate of drug-likeness (QED) is 0.710. The fraction of sp³-hybridized carbons (Fsp3) is 0.364. The average Bonchev–Trinajstić information content (AvgIpc) is 2.67. The number of aromatic amines is 1. The maximum Gasteiger partial charge on any atom is 0.0878 e. The Hall–Kier alpha value is -1.31. The number of aryl methyl sites for hydroxylation is 1. The highest BCUT2D eigenvalue weighted by atomic mass is 14.7. The van der Waals surface area contributed by atoms with Gasteiger partial charge < -0.3 is 4.98 Å². The molecule has 0 atom stereocenters. The molecular formula is C11H16N2. The molecule has 0 radical (unpaired) electrons. The normalized spacial score (nSPS) is 9.46. The minimum Gasteiger partial charge on any atom is -0.360 e. The highest BCUT2D eigenvalue weighted by molar-refractivity contribution is 5.74. The molecule has 0 aliphatic rings. The first-order valence-electron chi connectivity index (χ1n) is 4.82. The third-order valence-corrected chi connectivity index (χ3v) is 1.86.